The maximum absolute atomic E-state index is 11.3. The zero-order valence-corrected chi connectivity index (χ0v) is 10.5. The fraction of sp³-hybridized carbons (Fsp3) is 0.833. The zero-order valence-electron chi connectivity index (χ0n) is 10.5. The van der Waals surface area contributed by atoms with Crippen molar-refractivity contribution in [2.24, 2.45) is 11.7 Å². The summed E-state index contributed by atoms with van der Waals surface area (Å²) in [6.07, 6.45) is 3.20. The number of rotatable bonds is 5. The Kier molecular flexibility index (Phi) is 5.41. The zero-order chi connectivity index (χ0) is 12.8. The quantitative estimate of drug-likeness (QED) is 0.730. The van der Waals surface area contributed by atoms with Crippen molar-refractivity contribution in [2.45, 2.75) is 51.2 Å². The van der Waals surface area contributed by atoms with E-state index >= 15 is 0 Å². The molecular formula is C12H21NO4. The van der Waals surface area contributed by atoms with Gasteiger partial charge in [0.2, 0.25) is 5.91 Å². The first-order valence-electron chi connectivity index (χ1n) is 6.11. The molecule has 98 valence electrons. The molecule has 0 radical (unpaired) electrons. The molecule has 17 heavy (non-hydrogen) atoms. The molecule has 0 aromatic carbocycles. The van der Waals surface area contributed by atoms with Gasteiger partial charge in [0.25, 0.3) is 0 Å². The Morgan fingerprint density at radius 2 is 1.88 bits per heavy atom. The Morgan fingerprint density at radius 1 is 1.29 bits per heavy atom. The number of carbonyl (C=O) groups excluding carboxylic acids is 2. The Bertz CT molecular complexity index is 272. The topological polar surface area (TPSA) is 78.6 Å². The van der Waals surface area contributed by atoms with Crippen LogP contribution in [0.2, 0.25) is 0 Å². The van der Waals surface area contributed by atoms with E-state index in [0.717, 1.165) is 25.7 Å². The summed E-state index contributed by atoms with van der Waals surface area (Å²) in [5, 5.41) is 0. The van der Waals surface area contributed by atoms with Gasteiger partial charge in [-0.15, -0.1) is 0 Å². The molecule has 1 aliphatic carbocycles. The number of ether oxygens (including phenoxy) is 2. The molecule has 0 aromatic rings. The number of esters is 1. The molecule has 0 spiro atoms. The molecule has 0 heterocycles. The van der Waals surface area contributed by atoms with Crippen LogP contribution in [0, 0.1) is 5.92 Å². The lowest BCUT2D eigenvalue weighted by Gasteiger charge is -2.29. The predicted molar refractivity (Wildman–Crippen MR) is 62.1 cm³/mol. The van der Waals surface area contributed by atoms with E-state index < -0.39 is 12.0 Å². The molecular weight excluding hydrogens is 222 g/mol. The average Bonchev–Trinajstić information content (AvgIpc) is 2.35. The maximum Gasteiger partial charge on any atom is 0.308 e. The van der Waals surface area contributed by atoms with Gasteiger partial charge in [-0.25, -0.2) is 0 Å². The second-order valence-corrected chi connectivity index (χ2v) is 4.43. The van der Waals surface area contributed by atoms with E-state index in [-0.39, 0.29) is 18.0 Å². The first-order valence-corrected chi connectivity index (χ1v) is 6.11. The maximum atomic E-state index is 11.3. The van der Waals surface area contributed by atoms with Crippen LogP contribution < -0.4 is 5.73 Å². The number of carbonyl (C=O) groups is 2. The van der Waals surface area contributed by atoms with Gasteiger partial charge in [-0.3, -0.25) is 9.59 Å². The summed E-state index contributed by atoms with van der Waals surface area (Å²) < 4.78 is 10.3. The van der Waals surface area contributed by atoms with Crippen LogP contribution in [0.5, 0.6) is 0 Å². The smallest absolute Gasteiger partial charge is 0.308 e. The first kappa shape index (κ1) is 14.0. The summed E-state index contributed by atoms with van der Waals surface area (Å²) in [7, 11) is 1.41. The Labute approximate surface area is 102 Å². The molecule has 1 rings (SSSR count). The highest BCUT2D eigenvalue weighted by molar-refractivity contribution is 5.78. The lowest BCUT2D eigenvalue weighted by atomic mass is 9.87. The standard InChI is InChI=1S/C12H21NO4/c1-3-10(11(13)14)17-9-6-4-8(5-7-9)12(15)16-2/h8-10H,3-7H2,1-2H3,(H2,13,14). The molecule has 1 aliphatic rings. The number of methoxy groups -OCH3 is 1. The van der Waals surface area contributed by atoms with Gasteiger partial charge in [0.05, 0.1) is 19.1 Å². The van der Waals surface area contributed by atoms with Crippen LogP contribution in [-0.2, 0) is 19.1 Å². The van der Waals surface area contributed by atoms with E-state index in [1.165, 1.54) is 7.11 Å². The number of primary amides is 1. The van der Waals surface area contributed by atoms with Crippen LogP contribution in [0.1, 0.15) is 39.0 Å². The van der Waals surface area contributed by atoms with Crippen molar-refractivity contribution in [2.75, 3.05) is 7.11 Å². The Hall–Kier alpha value is -1.10. The highest BCUT2D eigenvalue weighted by atomic mass is 16.5. The summed E-state index contributed by atoms with van der Waals surface area (Å²) in [4.78, 5) is 22.4. The summed E-state index contributed by atoms with van der Waals surface area (Å²) in [6.45, 7) is 1.87. The number of hydrogen-bond acceptors (Lipinski definition) is 4. The predicted octanol–water partition coefficient (Wildman–Crippen LogP) is 0.999. The van der Waals surface area contributed by atoms with Gasteiger partial charge in [-0.2, -0.15) is 0 Å². The molecule has 1 unspecified atom stereocenters. The Morgan fingerprint density at radius 3 is 2.29 bits per heavy atom. The molecule has 1 saturated carbocycles. The fourth-order valence-corrected chi connectivity index (χ4v) is 2.20. The average molecular weight is 243 g/mol. The molecule has 1 amide bonds. The lowest BCUT2D eigenvalue weighted by molar-refractivity contribution is -0.149. The molecule has 0 aromatic heterocycles. The highest BCUT2D eigenvalue weighted by Gasteiger charge is 2.29. The third kappa shape index (κ3) is 4.00. The SMILES string of the molecule is CCC(OC1CCC(C(=O)OC)CC1)C(N)=O. The van der Waals surface area contributed by atoms with Gasteiger partial charge in [-0.1, -0.05) is 6.92 Å². The lowest BCUT2D eigenvalue weighted by Crippen LogP contribution is -2.36. The number of hydrogen-bond donors (Lipinski definition) is 1. The highest BCUT2D eigenvalue weighted by Crippen LogP contribution is 2.28. The molecule has 0 saturated heterocycles. The van der Waals surface area contributed by atoms with Crippen molar-refractivity contribution in [3.8, 4) is 0 Å². The van der Waals surface area contributed by atoms with Crippen molar-refractivity contribution in [1.82, 2.24) is 0 Å². The van der Waals surface area contributed by atoms with Crippen LogP contribution in [-0.4, -0.2) is 31.2 Å². The fourth-order valence-electron chi connectivity index (χ4n) is 2.20. The third-order valence-electron chi connectivity index (χ3n) is 3.25. The van der Waals surface area contributed by atoms with Gasteiger partial charge >= 0.3 is 5.97 Å². The summed E-state index contributed by atoms with van der Waals surface area (Å²) in [5.41, 5.74) is 5.22. The van der Waals surface area contributed by atoms with Crippen molar-refractivity contribution in [3.05, 3.63) is 0 Å². The summed E-state index contributed by atoms with van der Waals surface area (Å²) >= 11 is 0. The van der Waals surface area contributed by atoms with Crippen LogP contribution >= 0.6 is 0 Å². The minimum Gasteiger partial charge on any atom is -0.469 e. The molecule has 5 nitrogen and oxygen atoms in total. The van der Waals surface area contributed by atoms with Crippen LogP contribution in [0.3, 0.4) is 0 Å². The van der Waals surface area contributed by atoms with Crippen molar-refractivity contribution in [1.29, 1.82) is 0 Å². The monoisotopic (exact) mass is 243 g/mol. The van der Waals surface area contributed by atoms with Gasteiger partial charge in [0.15, 0.2) is 0 Å². The van der Waals surface area contributed by atoms with Gasteiger partial charge in [-0.05, 0) is 32.1 Å². The van der Waals surface area contributed by atoms with Gasteiger partial charge in [0, 0.05) is 0 Å². The largest absolute Gasteiger partial charge is 0.469 e. The second kappa shape index (κ2) is 6.59. The molecule has 5 heteroatoms. The van der Waals surface area contributed by atoms with E-state index in [2.05, 4.69) is 0 Å². The van der Waals surface area contributed by atoms with Crippen molar-refractivity contribution in [3.63, 3.8) is 0 Å². The van der Waals surface area contributed by atoms with Crippen LogP contribution in [0.15, 0.2) is 0 Å². The second-order valence-electron chi connectivity index (χ2n) is 4.43. The summed E-state index contributed by atoms with van der Waals surface area (Å²) in [5.74, 6) is -0.582. The first-order chi connectivity index (χ1) is 8.08. The van der Waals surface area contributed by atoms with E-state index in [9.17, 15) is 9.59 Å². The van der Waals surface area contributed by atoms with Crippen LogP contribution in [0.4, 0.5) is 0 Å². The van der Waals surface area contributed by atoms with E-state index in [0.29, 0.717) is 6.42 Å². The molecule has 0 aliphatic heterocycles. The molecule has 2 N–H and O–H groups in total. The summed E-state index contributed by atoms with van der Waals surface area (Å²) in [6, 6.07) is 0. The third-order valence-corrected chi connectivity index (χ3v) is 3.25. The van der Waals surface area contributed by atoms with E-state index in [1.807, 2.05) is 6.92 Å². The molecule has 1 atom stereocenters. The van der Waals surface area contributed by atoms with Crippen molar-refractivity contribution >= 4 is 11.9 Å². The molecule has 1 fully saturated rings. The minimum atomic E-state index is -0.505. The molecule has 0 bridgehead atoms. The van der Waals surface area contributed by atoms with Gasteiger partial charge < -0.3 is 15.2 Å². The van der Waals surface area contributed by atoms with Crippen molar-refractivity contribution < 1.29 is 19.1 Å². The number of amides is 1. The normalized spacial score (nSPS) is 26.2. The Balaban J connectivity index is 2.36. The minimum absolute atomic E-state index is 0.0199. The van der Waals surface area contributed by atoms with Gasteiger partial charge in [0.1, 0.15) is 6.10 Å². The number of nitrogens with two attached hydrogens (primary N) is 1. The van der Waals surface area contributed by atoms with E-state index in [1.54, 1.807) is 0 Å². The van der Waals surface area contributed by atoms with Crippen LogP contribution in [0.25, 0.3) is 0 Å². The van der Waals surface area contributed by atoms with E-state index in [4.69, 9.17) is 15.2 Å².